The minimum Gasteiger partial charge on any atom is -0.389 e. The largest absolute Gasteiger partial charge is 0.389 e. The zero-order chi connectivity index (χ0) is 15.5. The molecule has 0 fully saturated rings. The lowest BCUT2D eigenvalue weighted by Gasteiger charge is -2.27. The molecule has 1 heterocycles. The molecule has 0 amide bonds. The van der Waals surface area contributed by atoms with Gasteiger partial charge < -0.3 is 5.11 Å². The fourth-order valence-corrected chi connectivity index (χ4v) is 3.37. The minimum absolute atomic E-state index is 0.600. The van der Waals surface area contributed by atoms with Gasteiger partial charge in [0.15, 0.2) is 0 Å². The molecular formula is C17H23BrN2O. The Morgan fingerprint density at radius 3 is 2.38 bits per heavy atom. The highest BCUT2D eigenvalue weighted by Gasteiger charge is 2.29. The van der Waals surface area contributed by atoms with Crippen molar-refractivity contribution in [1.29, 1.82) is 0 Å². The molecule has 0 spiro atoms. The highest BCUT2D eigenvalue weighted by atomic mass is 79.9. The number of benzene rings is 1. The van der Waals surface area contributed by atoms with Crippen LogP contribution in [0.1, 0.15) is 37.2 Å². The van der Waals surface area contributed by atoms with Gasteiger partial charge in [0.05, 0.1) is 21.5 Å². The van der Waals surface area contributed by atoms with Gasteiger partial charge in [-0.1, -0.05) is 44.2 Å². The van der Waals surface area contributed by atoms with Crippen molar-refractivity contribution in [1.82, 2.24) is 9.78 Å². The summed E-state index contributed by atoms with van der Waals surface area (Å²) in [4.78, 5) is 0. The van der Waals surface area contributed by atoms with Crippen LogP contribution in [-0.2, 0) is 26.3 Å². The van der Waals surface area contributed by atoms with Crippen molar-refractivity contribution >= 4 is 15.9 Å². The number of aryl methyl sites for hydroxylation is 2. The smallest absolute Gasteiger partial charge is 0.0766 e. The quantitative estimate of drug-likeness (QED) is 0.862. The third-order valence-corrected chi connectivity index (χ3v) is 4.95. The number of nitrogens with zero attached hydrogens (tertiary/aromatic N) is 2. The van der Waals surface area contributed by atoms with Gasteiger partial charge >= 0.3 is 0 Å². The van der Waals surface area contributed by atoms with E-state index >= 15 is 0 Å². The Morgan fingerprint density at radius 1 is 1.19 bits per heavy atom. The van der Waals surface area contributed by atoms with E-state index in [-0.39, 0.29) is 0 Å². The molecule has 1 atom stereocenters. The van der Waals surface area contributed by atoms with Crippen molar-refractivity contribution in [3.05, 3.63) is 51.8 Å². The van der Waals surface area contributed by atoms with Crippen LogP contribution in [-0.4, -0.2) is 20.5 Å². The first kappa shape index (κ1) is 16.2. The van der Waals surface area contributed by atoms with E-state index < -0.39 is 5.60 Å². The van der Waals surface area contributed by atoms with Crippen LogP contribution >= 0.6 is 15.9 Å². The van der Waals surface area contributed by atoms with Crippen molar-refractivity contribution in [3.63, 3.8) is 0 Å². The van der Waals surface area contributed by atoms with E-state index in [0.29, 0.717) is 19.3 Å². The first-order valence-corrected chi connectivity index (χ1v) is 8.25. The van der Waals surface area contributed by atoms with Crippen molar-refractivity contribution in [3.8, 4) is 0 Å². The first-order chi connectivity index (χ1) is 9.99. The van der Waals surface area contributed by atoms with Crippen LogP contribution in [0.3, 0.4) is 0 Å². The molecule has 1 unspecified atom stereocenters. The van der Waals surface area contributed by atoms with Crippen molar-refractivity contribution in [2.45, 2.75) is 45.1 Å². The second-order valence-corrected chi connectivity index (χ2v) is 6.39. The molecule has 0 saturated heterocycles. The van der Waals surface area contributed by atoms with Gasteiger partial charge in [-0.2, -0.15) is 5.10 Å². The van der Waals surface area contributed by atoms with Gasteiger partial charge in [0.1, 0.15) is 0 Å². The van der Waals surface area contributed by atoms with E-state index in [1.165, 1.54) is 0 Å². The maximum atomic E-state index is 11.0. The van der Waals surface area contributed by atoms with E-state index in [1.54, 1.807) is 0 Å². The highest BCUT2D eigenvalue weighted by molar-refractivity contribution is 9.10. The van der Waals surface area contributed by atoms with E-state index in [2.05, 4.69) is 40.1 Å². The lowest BCUT2D eigenvalue weighted by molar-refractivity contribution is 0.0349. The number of hydrogen-bond acceptors (Lipinski definition) is 2. The second kappa shape index (κ2) is 6.75. The van der Waals surface area contributed by atoms with E-state index in [0.717, 1.165) is 27.8 Å². The molecule has 114 valence electrons. The van der Waals surface area contributed by atoms with Crippen LogP contribution in [0.2, 0.25) is 0 Å². The normalized spacial score (nSPS) is 14.1. The van der Waals surface area contributed by atoms with Crippen LogP contribution in [0.15, 0.2) is 34.8 Å². The number of hydrogen-bond donors (Lipinski definition) is 1. The Morgan fingerprint density at radius 2 is 1.86 bits per heavy atom. The molecular weight excluding hydrogens is 328 g/mol. The minimum atomic E-state index is -0.747. The summed E-state index contributed by atoms with van der Waals surface area (Å²) in [5, 5.41) is 15.5. The predicted octanol–water partition coefficient (Wildman–Crippen LogP) is 3.67. The van der Waals surface area contributed by atoms with Crippen LogP contribution < -0.4 is 0 Å². The zero-order valence-electron chi connectivity index (χ0n) is 12.9. The van der Waals surface area contributed by atoms with Gasteiger partial charge in [-0.25, -0.2) is 0 Å². The maximum absolute atomic E-state index is 11.0. The van der Waals surface area contributed by atoms with Crippen LogP contribution in [0, 0.1) is 0 Å². The number of aromatic nitrogens is 2. The SMILES string of the molecule is CCc1nn(C)c(CC(O)(CC)Cc2ccccc2)c1Br. The van der Waals surface area contributed by atoms with Crippen LogP contribution in [0.4, 0.5) is 0 Å². The average molecular weight is 351 g/mol. The fraction of sp³-hybridized carbons (Fsp3) is 0.471. The molecule has 0 radical (unpaired) electrons. The van der Waals surface area contributed by atoms with Gasteiger partial charge in [-0.3, -0.25) is 4.68 Å². The topological polar surface area (TPSA) is 38.0 Å². The van der Waals surface area contributed by atoms with E-state index in [4.69, 9.17) is 0 Å². The highest BCUT2D eigenvalue weighted by Crippen LogP contribution is 2.28. The average Bonchev–Trinajstić information content (AvgIpc) is 2.75. The summed E-state index contributed by atoms with van der Waals surface area (Å²) in [6, 6.07) is 10.2. The molecule has 0 aliphatic carbocycles. The summed E-state index contributed by atoms with van der Waals surface area (Å²) in [6.45, 7) is 4.13. The lowest BCUT2D eigenvalue weighted by atomic mass is 9.87. The predicted molar refractivity (Wildman–Crippen MR) is 89.4 cm³/mol. The summed E-state index contributed by atoms with van der Waals surface area (Å²) in [6.07, 6.45) is 2.85. The van der Waals surface area contributed by atoms with Crippen molar-refractivity contribution in [2.24, 2.45) is 7.05 Å². The first-order valence-electron chi connectivity index (χ1n) is 7.45. The number of rotatable bonds is 6. The Labute approximate surface area is 135 Å². The molecule has 4 heteroatoms. The maximum Gasteiger partial charge on any atom is 0.0766 e. The van der Waals surface area contributed by atoms with Gasteiger partial charge in [-0.15, -0.1) is 0 Å². The summed E-state index contributed by atoms with van der Waals surface area (Å²) in [7, 11) is 1.94. The molecule has 1 N–H and O–H groups in total. The third-order valence-electron chi connectivity index (χ3n) is 4.03. The molecule has 0 saturated carbocycles. The Hall–Kier alpha value is -1.13. The number of halogens is 1. The fourth-order valence-electron chi connectivity index (χ4n) is 2.61. The Kier molecular flexibility index (Phi) is 5.22. The molecule has 0 aliphatic heterocycles. The Bertz CT molecular complexity index is 594. The van der Waals surface area contributed by atoms with Crippen molar-refractivity contribution < 1.29 is 5.11 Å². The molecule has 1 aromatic carbocycles. The van der Waals surface area contributed by atoms with Crippen molar-refractivity contribution in [2.75, 3.05) is 0 Å². The van der Waals surface area contributed by atoms with Gasteiger partial charge in [0.25, 0.3) is 0 Å². The zero-order valence-corrected chi connectivity index (χ0v) is 14.5. The van der Waals surface area contributed by atoms with Gasteiger partial charge in [-0.05, 0) is 34.3 Å². The van der Waals surface area contributed by atoms with Crippen LogP contribution in [0.5, 0.6) is 0 Å². The second-order valence-electron chi connectivity index (χ2n) is 5.60. The molecule has 2 aromatic rings. The third kappa shape index (κ3) is 3.74. The van der Waals surface area contributed by atoms with E-state index in [1.807, 2.05) is 36.9 Å². The number of aliphatic hydroxyl groups is 1. The molecule has 1 aromatic heterocycles. The van der Waals surface area contributed by atoms with Crippen LogP contribution in [0.25, 0.3) is 0 Å². The van der Waals surface area contributed by atoms with Gasteiger partial charge in [0, 0.05) is 19.9 Å². The monoisotopic (exact) mass is 350 g/mol. The summed E-state index contributed by atoms with van der Waals surface area (Å²) in [5.41, 5.74) is 2.52. The summed E-state index contributed by atoms with van der Waals surface area (Å²) in [5.74, 6) is 0. The summed E-state index contributed by atoms with van der Waals surface area (Å²) < 4.78 is 2.92. The molecule has 21 heavy (non-hydrogen) atoms. The summed E-state index contributed by atoms with van der Waals surface area (Å²) >= 11 is 3.64. The molecule has 0 bridgehead atoms. The molecule has 3 nitrogen and oxygen atoms in total. The molecule has 2 rings (SSSR count). The molecule has 0 aliphatic rings. The lowest BCUT2D eigenvalue weighted by Crippen LogP contribution is -2.34. The standard InChI is InChI=1S/C17H23BrN2O/c1-4-14-16(18)15(20(3)19-14)12-17(21,5-2)11-13-9-7-6-8-10-13/h6-10,21H,4-5,11-12H2,1-3H3. The Balaban J connectivity index is 2.24. The van der Waals surface area contributed by atoms with Gasteiger partial charge in [0.2, 0.25) is 0 Å². The van der Waals surface area contributed by atoms with E-state index in [9.17, 15) is 5.11 Å².